The van der Waals surface area contributed by atoms with Gasteiger partial charge < -0.3 is 9.64 Å². The van der Waals surface area contributed by atoms with Crippen molar-refractivity contribution in [2.75, 3.05) is 18.6 Å². The van der Waals surface area contributed by atoms with Gasteiger partial charge in [-0.3, -0.25) is 4.99 Å². The largest absolute Gasteiger partial charge is 0.465 e. The van der Waals surface area contributed by atoms with Gasteiger partial charge in [0.15, 0.2) is 0 Å². The predicted molar refractivity (Wildman–Crippen MR) is 121 cm³/mol. The van der Waals surface area contributed by atoms with Crippen molar-refractivity contribution in [2.24, 2.45) is 4.99 Å². The monoisotopic (exact) mass is 412 g/mol. The van der Waals surface area contributed by atoms with Gasteiger partial charge in [-0.1, -0.05) is 18.5 Å². The zero-order valence-electron chi connectivity index (χ0n) is 18.0. The van der Waals surface area contributed by atoms with Crippen molar-refractivity contribution in [3.8, 4) is 0 Å². The summed E-state index contributed by atoms with van der Waals surface area (Å²) in [4.78, 5) is 18.7. The number of benzene rings is 2. The zero-order chi connectivity index (χ0) is 21.3. The van der Waals surface area contributed by atoms with E-state index in [9.17, 15) is 4.79 Å². The lowest BCUT2D eigenvalue weighted by molar-refractivity contribution is 0.0600. The van der Waals surface area contributed by atoms with Gasteiger partial charge in [-0.25, -0.2) is 4.79 Å². The van der Waals surface area contributed by atoms with E-state index in [1.54, 1.807) is 12.1 Å². The summed E-state index contributed by atoms with van der Waals surface area (Å²) in [7, 11) is 1.38. The average molecular weight is 413 g/mol. The summed E-state index contributed by atoms with van der Waals surface area (Å²) >= 11 is 6.64. The molecule has 1 aliphatic heterocycles. The molecule has 0 saturated carbocycles. The van der Waals surface area contributed by atoms with Crippen LogP contribution in [0.2, 0.25) is 5.02 Å². The molecule has 0 aliphatic carbocycles. The zero-order valence-corrected chi connectivity index (χ0v) is 18.8. The number of rotatable bonds is 4. The molecule has 0 amide bonds. The van der Waals surface area contributed by atoms with Gasteiger partial charge in [0, 0.05) is 29.5 Å². The molecule has 3 rings (SSSR count). The normalized spacial score (nSPS) is 18.0. The highest BCUT2D eigenvalue weighted by Crippen LogP contribution is 2.44. The van der Waals surface area contributed by atoms with E-state index in [2.05, 4.69) is 49.7 Å². The molecule has 0 spiro atoms. The Morgan fingerprint density at radius 2 is 2.07 bits per heavy atom. The summed E-state index contributed by atoms with van der Waals surface area (Å²) in [6, 6.07) is 9.59. The van der Waals surface area contributed by atoms with Crippen LogP contribution < -0.4 is 4.90 Å². The predicted octanol–water partition coefficient (Wildman–Crippen LogP) is 6.30. The summed E-state index contributed by atoms with van der Waals surface area (Å²) in [5.74, 6) is 0.104. The number of carbonyl (C=O) groups is 1. The molecule has 0 radical (unpaired) electrons. The third-order valence-corrected chi connectivity index (χ3v) is 6.11. The summed E-state index contributed by atoms with van der Waals surface area (Å²) in [6.45, 7) is 11.9. The van der Waals surface area contributed by atoms with Crippen LogP contribution in [0.4, 0.5) is 11.4 Å². The molecular weight excluding hydrogens is 384 g/mol. The Morgan fingerprint density at radius 3 is 2.69 bits per heavy atom. The van der Waals surface area contributed by atoms with Crippen molar-refractivity contribution in [1.82, 2.24) is 0 Å². The van der Waals surface area contributed by atoms with E-state index in [0.29, 0.717) is 16.5 Å². The third-order valence-electron chi connectivity index (χ3n) is 5.78. The van der Waals surface area contributed by atoms with Crippen molar-refractivity contribution in [3.63, 3.8) is 0 Å². The van der Waals surface area contributed by atoms with E-state index in [1.165, 1.54) is 18.4 Å². The minimum absolute atomic E-state index is 0.110. The first-order valence-corrected chi connectivity index (χ1v) is 10.4. The first-order chi connectivity index (χ1) is 13.7. The molecule has 0 bridgehead atoms. The molecule has 0 N–H and O–H groups in total. The van der Waals surface area contributed by atoms with E-state index in [-0.39, 0.29) is 11.5 Å². The van der Waals surface area contributed by atoms with Crippen molar-refractivity contribution in [1.29, 1.82) is 0 Å². The number of halogens is 1. The molecule has 0 aromatic heterocycles. The van der Waals surface area contributed by atoms with Crippen LogP contribution in [0, 0.1) is 6.92 Å². The van der Waals surface area contributed by atoms with E-state index in [1.807, 2.05) is 19.2 Å². The number of anilines is 1. The number of aryl methyl sites for hydroxylation is 1. The average Bonchev–Trinajstić information content (AvgIpc) is 2.66. The molecule has 1 aliphatic rings. The van der Waals surface area contributed by atoms with Gasteiger partial charge in [0.05, 0.1) is 23.4 Å². The number of esters is 1. The van der Waals surface area contributed by atoms with Crippen LogP contribution >= 0.6 is 11.6 Å². The third kappa shape index (κ3) is 4.18. The number of carbonyl (C=O) groups excluding carboxylic acids is 1. The number of fused-ring (bicyclic) bond motifs is 1. The molecule has 0 fully saturated rings. The molecule has 5 heteroatoms. The van der Waals surface area contributed by atoms with Crippen LogP contribution in [0.5, 0.6) is 0 Å². The topological polar surface area (TPSA) is 41.9 Å². The van der Waals surface area contributed by atoms with Gasteiger partial charge in [0.25, 0.3) is 0 Å². The van der Waals surface area contributed by atoms with Gasteiger partial charge in [-0.05, 0) is 81.5 Å². The standard InChI is InChI=1S/C24H29ClN2O2/c1-7-27-22-12-20(25)18(11-19(22)16(3)13-24(27,4)5)14-26-21-9-8-17(10-15(21)2)23(28)29-6/h8-12,14,16H,7,13H2,1-6H3. The van der Waals surface area contributed by atoms with Gasteiger partial charge in [-0.15, -0.1) is 0 Å². The van der Waals surface area contributed by atoms with Gasteiger partial charge in [0.2, 0.25) is 0 Å². The van der Waals surface area contributed by atoms with E-state index >= 15 is 0 Å². The first kappa shape index (κ1) is 21.4. The van der Waals surface area contributed by atoms with Crippen LogP contribution in [-0.2, 0) is 4.74 Å². The number of hydrogen-bond donors (Lipinski definition) is 0. The molecule has 4 nitrogen and oxygen atoms in total. The minimum atomic E-state index is -0.348. The number of hydrogen-bond acceptors (Lipinski definition) is 4. The van der Waals surface area contributed by atoms with Crippen LogP contribution in [0.1, 0.15) is 67.1 Å². The van der Waals surface area contributed by atoms with Crippen LogP contribution in [0.25, 0.3) is 0 Å². The van der Waals surface area contributed by atoms with Crippen LogP contribution in [0.15, 0.2) is 35.3 Å². The molecule has 1 heterocycles. The maximum Gasteiger partial charge on any atom is 0.337 e. The first-order valence-electron chi connectivity index (χ1n) is 10.0. The van der Waals surface area contributed by atoms with Crippen molar-refractivity contribution < 1.29 is 9.53 Å². The number of ether oxygens (including phenoxy) is 1. The minimum Gasteiger partial charge on any atom is -0.465 e. The maximum absolute atomic E-state index is 11.7. The fourth-order valence-corrected chi connectivity index (χ4v) is 4.61. The lowest BCUT2D eigenvalue weighted by atomic mass is 9.79. The Hall–Kier alpha value is -2.33. The SMILES string of the molecule is CCN1c2cc(Cl)c(C=Nc3ccc(C(=O)OC)cc3C)cc2C(C)CC1(C)C. The van der Waals surface area contributed by atoms with E-state index in [4.69, 9.17) is 16.3 Å². The highest BCUT2D eigenvalue weighted by atomic mass is 35.5. The Bertz CT molecular complexity index is 966. The lowest BCUT2D eigenvalue weighted by Gasteiger charge is -2.47. The Morgan fingerprint density at radius 1 is 1.34 bits per heavy atom. The second-order valence-electron chi connectivity index (χ2n) is 8.35. The second kappa shape index (κ2) is 8.19. The molecule has 0 saturated heterocycles. The van der Waals surface area contributed by atoms with Crippen molar-refractivity contribution in [3.05, 3.63) is 57.6 Å². The number of nitrogens with zero attached hydrogens (tertiary/aromatic N) is 2. The molecule has 29 heavy (non-hydrogen) atoms. The molecule has 1 unspecified atom stereocenters. The Labute approximate surface area is 178 Å². The van der Waals surface area contributed by atoms with Gasteiger partial charge in [0.1, 0.15) is 0 Å². The maximum atomic E-state index is 11.7. The summed E-state index contributed by atoms with van der Waals surface area (Å²) in [6.07, 6.45) is 2.91. The smallest absolute Gasteiger partial charge is 0.337 e. The van der Waals surface area contributed by atoms with E-state index in [0.717, 1.165) is 29.8 Å². The molecular formula is C24H29ClN2O2. The Balaban J connectivity index is 1.95. The summed E-state index contributed by atoms with van der Waals surface area (Å²) in [5, 5.41) is 0.694. The summed E-state index contributed by atoms with van der Waals surface area (Å²) in [5.41, 5.74) is 5.78. The highest BCUT2D eigenvalue weighted by Gasteiger charge is 2.35. The van der Waals surface area contributed by atoms with Crippen molar-refractivity contribution in [2.45, 2.75) is 52.5 Å². The van der Waals surface area contributed by atoms with Gasteiger partial charge in [-0.2, -0.15) is 0 Å². The van der Waals surface area contributed by atoms with Crippen molar-refractivity contribution >= 4 is 35.2 Å². The lowest BCUT2D eigenvalue weighted by Crippen LogP contribution is -2.48. The molecule has 2 aromatic carbocycles. The molecule has 154 valence electrons. The van der Waals surface area contributed by atoms with E-state index < -0.39 is 0 Å². The fraction of sp³-hybridized carbons (Fsp3) is 0.417. The number of aliphatic imine (C=N–C) groups is 1. The summed E-state index contributed by atoms with van der Waals surface area (Å²) < 4.78 is 4.77. The van der Waals surface area contributed by atoms with Crippen LogP contribution in [0.3, 0.4) is 0 Å². The fourth-order valence-electron chi connectivity index (χ4n) is 4.40. The highest BCUT2D eigenvalue weighted by molar-refractivity contribution is 6.33. The second-order valence-corrected chi connectivity index (χ2v) is 8.75. The Kier molecular flexibility index (Phi) is 6.04. The molecule has 2 aromatic rings. The quantitative estimate of drug-likeness (QED) is 0.437. The van der Waals surface area contributed by atoms with Gasteiger partial charge >= 0.3 is 5.97 Å². The van der Waals surface area contributed by atoms with Crippen LogP contribution in [-0.4, -0.2) is 31.4 Å². The number of methoxy groups -OCH3 is 1. The molecule has 1 atom stereocenters.